The molecule has 0 radical (unpaired) electrons. The average molecular weight is 638 g/mol. The lowest BCUT2D eigenvalue weighted by Crippen LogP contribution is -2.36. The summed E-state index contributed by atoms with van der Waals surface area (Å²) >= 11 is 0. The fourth-order valence-corrected chi connectivity index (χ4v) is 7.00. The highest BCUT2D eigenvalue weighted by molar-refractivity contribution is 6.21. The van der Waals surface area contributed by atoms with Gasteiger partial charge in [0, 0.05) is 27.2 Å². The van der Waals surface area contributed by atoms with E-state index in [0.717, 1.165) is 82.6 Å². The van der Waals surface area contributed by atoms with Gasteiger partial charge in [-0.3, -0.25) is 5.01 Å². The number of para-hydroxylation sites is 1. The second kappa shape index (κ2) is 12.1. The van der Waals surface area contributed by atoms with E-state index in [-0.39, 0.29) is 6.54 Å². The Hall–Kier alpha value is -6.17. The lowest BCUT2D eigenvalue weighted by Gasteiger charge is -2.30. The van der Waals surface area contributed by atoms with Crippen LogP contribution in [0.15, 0.2) is 174 Å². The Morgan fingerprint density at radius 2 is 1.12 bits per heavy atom. The average Bonchev–Trinajstić information content (AvgIpc) is 3.71. The van der Waals surface area contributed by atoms with E-state index in [1.165, 1.54) is 0 Å². The molecular weight excluding hydrogens is 606 g/mol. The van der Waals surface area contributed by atoms with Gasteiger partial charge in [0.25, 0.3) is 0 Å². The number of halogens is 1. The molecule has 7 aromatic carbocycles. The zero-order valence-corrected chi connectivity index (χ0v) is 26.7. The minimum absolute atomic E-state index is 0.134. The largest absolute Gasteiger partial charge is 0.454 e. The van der Waals surface area contributed by atoms with Crippen molar-refractivity contribution in [3.8, 4) is 16.8 Å². The van der Waals surface area contributed by atoms with Gasteiger partial charge in [-0.25, -0.2) is 0 Å². The maximum absolute atomic E-state index is 16.1. The van der Waals surface area contributed by atoms with Crippen LogP contribution in [0.4, 0.5) is 10.2 Å². The van der Waals surface area contributed by atoms with Crippen LogP contribution in [0.5, 0.6) is 0 Å². The first-order valence-electron chi connectivity index (χ1n) is 16.5. The quantitative estimate of drug-likeness (QED) is 0.122. The van der Waals surface area contributed by atoms with Crippen LogP contribution in [0, 0.1) is 0 Å². The summed E-state index contributed by atoms with van der Waals surface area (Å²) in [7, 11) is 0. The molecule has 9 aromatic rings. The first kappa shape index (κ1) is 29.0. The van der Waals surface area contributed by atoms with Gasteiger partial charge in [-0.05, 0) is 64.7 Å². The highest BCUT2D eigenvalue weighted by atomic mass is 19.2. The van der Waals surface area contributed by atoms with Crippen molar-refractivity contribution in [2.75, 3.05) is 5.01 Å². The van der Waals surface area contributed by atoms with E-state index in [1.807, 2.05) is 91.0 Å². The molecule has 0 atom stereocenters. The highest BCUT2D eigenvalue weighted by Gasteiger charge is 2.21. The predicted octanol–water partition coefficient (Wildman–Crippen LogP) is 11.7. The van der Waals surface area contributed by atoms with E-state index in [9.17, 15) is 0 Å². The van der Waals surface area contributed by atoms with E-state index in [4.69, 9.17) is 4.42 Å². The number of rotatable bonds is 8. The van der Waals surface area contributed by atoms with E-state index in [0.29, 0.717) is 6.54 Å². The van der Waals surface area contributed by atoms with Gasteiger partial charge in [0.05, 0.1) is 29.8 Å². The second-order valence-corrected chi connectivity index (χ2v) is 12.4. The molecule has 0 N–H and O–H groups in total. The minimum Gasteiger partial charge on any atom is -0.454 e. The molecule has 0 bridgehead atoms. The molecule has 0 saturated carbocycles. The molecule has 0 aliphatic rings. The Kier molecular flexibility index (Phi) is 7.18. The summed E-state index contributed by atoms with van der Waals surface area (Å²) in [6, 6.07) is 57.6. The molecule has 4 nitrogen and oxygen atoms in total. The predicted molar refractivity (Wildman–Crippen MR) is 199 cm³/mol. The van der Waals surface area contributed by atoms with Crippen molar-refractivity contribution in [3.63, 3.8) is 0 Å². The Bertz CT molecular complexity index is 2560. The second-order valence-electron chi connectivity index (χ2n) is 12.4. The summed E-state index contributed by atoms with van der Waals surface area (Å²) in [4.78, 5) is 0. The maximum atomic E-state index is 16.1. The fourth-order valence-electron chi connectivity index (χ4n) is 7.00. The van der Waals surface area contributed by atoms with Gasteiger partial charge < -0.3 is 8.98 Å². The molecular formula is C44H32FN3O. The van der Waals surface area contributed by atoms with Crippen LogP contribution in [0.3, 0.4) is 0 Å². The van der Waals surface area contributed by atoms with E-state index in [1.54, 1.807) is 5.01 Å². The van der Waals surface area contributed by atoms with Crippen LogP contribution in [-0.2, 0) is 13.1 Å². The Morgan fingerprint density at radius 1 is 0.510 bits per heavy atom. The lowest BCUT2D eigenvalue weighted by molar-refractivity contribution is -0.00165. The number of hydrazine groups is 1. The van der Waals surface area contributed by atoms with Crippen LogP contribution < -0.4 is 5.01 Å². The molecule has 0 amide bonds. The lowest BCUT2D eigenvalue weighted by atomic mass is 10.0. The molecule has 9 rings (SSSR count). The third-order valence-electron chi connectivity index (χ3n) is 9.38. The molecule has 5 heteroatoms. The first-order chi connectivity index (χ1) is 24.2. The minimum atomic E-state index is 0.134. The standard InChI is InChI=1S/C44H32FN3O/c45-47(30-32-14-6-2-7-15-32)46(29-31-12-4-1-5-13-31)35-21-23-36(24-22-35)48-41-28-34(33-16-8-3-9-17-33)20-25-37(41)39-26-27-40-38-18-10-11-19-42(38)49-44(40)43(39)48/h1-28H,29-30H2. The monoisotopic (exact) mass is 637 g/mol. The third-order valence-corrected chi connectivity index (χ3v) is 9.38. The molecule has 2 heterocycles. The van der Waals surface area contributed by atoms with Crippen molar-refractivity contribution in [2.45, 2.75) is 13.1 Å². The van der Waals surface area contributed by atoms with Crippen LogP contribution in [0.2, 0.25) is 0 Å². The molecule has 0 aliphatic carbocycles. The van der Waals surface area contributed by atoms with Crippen LogP contribution in [0.25, 0.3) is 60.6 Å². The molecule has 236 valence electrons. The van der Waals surface area contributed by atoms with E-state index < -0.39 is 0 Å². The molecule has 0 unspecified atom stereocenters. The Balaban J connectivity index is 1.21. The molecule has 49 heavy (non-hydrogen) atoms. The van der Waals surface area contributed by atoms with Gasteiger partial charge in [-0.1, -0.05) is 133 Å². The number of hydrogen-bond acceptors (Lipinski definition) is 3. The van der Waals surface area contributed by atoms with Crippen molar-refractivity contribution in [3.05, 3.63) is 181 Å². The SMILES string of the molecule is FN(Cc1ccccc1)N(Cc1ccccc1)c1ccc(-n2c3cc(-c4ccccc4)ccc3c3ccc4c5ccccc5oc4c32)cc1. The van der Waals surface area contributed by atoms with Gasteiger partial charge in [0.15, 0.2) is 5.58 Å². The van der Waals surface area contributed by atoms with Crippen molar-refractivity contribution >= 4 is 49.4 Å². The summed E-state index contributed by atoms with van der Waals surface area (Å²) < 4.78 is 25.0. The van der Waals surface area contributed by atoms with Gasteiger partial charge in [0.1, 0.15) is 5.58 Å². The van der Waals surface area contributed by atoms with Gasteiger partial charge in [0.2, 0.25) is 0 Å². The Morgan fingerprint density at radius 3 is 1.86 bits per heavy atom. The van der Waals surface area contributed by atoms with Gasteiger partial charge in [-0.2, -0.15) is 0 Å². The molecule has 0 fully saturated rings. The molecule has 0 saturated heterocycles. The topological polar surface area (TPSA) is 24.6 Å². The molecule has 0 aliphatic heterocycles. The van der Waals surface area contributed by atoms with E-state index in [2.05, 4.69) is 83.4 Å². The van der Waals surface area contributed by atoms with Crippen molar-refractivity contribution < 1.29 is 8.90 Å². The number of aromatic nitrogens is 1. The normalized spacial score (nSPS) is 11.7. The van der Waals surface area contributed by atoms with Crippen LogP contribution in [0.1, 0.15) is 11.1 Å². The number of benzene rings is 7. The summed E-state index contributed by atoms with van der Waals surface area (Å²) in [5.41, 5.74) is 9.73. The zero-order chi connectivity index (χ0) is 32.7. The summed E-state index contributed by atoms with van der Waals surface area (Å²) in [5.74, 6) is 0. The third kappa shape index (κ3) is 5.21. The smallest absolute Gasteiger partial charge is 0.160 e. The number of fused-ring (bicyclic) bond motifs is 7. The summed E-state index contributed by atoms with van der Waals surface area (Å²) in [6.45, 7) is 0.521. The highest BCUT2D eigenvalue weighted by Crippen LogP contribution is 2.41. The fraction of sp³-hybridized carbons (Fsp3) is 0.0455. The number of anilines is 1. The van der Waals surface area contributed by atoms with Crippen molar-refractivity contribution in [2.24, 2.45) is 0 Å². The van der Waals surface area contributed by atoms with Crippen molar-refractivity contribution in [1.82, 2.24) is 9.80 Å². The number of hydrogen-bond donors (Lipinski definition) is 0. The van der Waals surface area contributed by atoms with E-state index >= 15 is 4.48 Å². The number of furan rings is 1. The summed E-state index contributed by atoms with van der Waals surface area (Å²) in [6.07, 6.45) is 0. The first-order valence-corrected chi connectivity index (χ1v) is 16.5. The summed E-state index contributed by atoms with van der Waals surface area (Å²) in [5, 5.41) is 6.94. The van der Waals surface area contributed by atoms with Gasteiger partial charge in [-0.15, -0.1) is 4.48 Å². The Labute approximate surface area is 283 Å². The molecule has 0 spiro atoms. The number of nitrogens with zero attached hydrogens (tertiary/aromatic N) is 3. The van der Waals surface area contributed by atoms with Gasteiger partial charge >= 0.3 is 0 Å². The van der Waals surface area contributed by atoms with Crippen LogP contribution in [-0.4, -0.2) is 9.80 Å². The van der Waals surface area contributed by atoms with Crippen LogP contribution >= 0.6 is 0 Å². The zero-order valence-electron chi connectivity index (χ0n) is 26.7. The maximum Gasteiger partial charge on any atom is 0.160 e. The van der Waals surface area contributed by atoms with Crippen molar-refractivity contribution in [1.29, 1.82) is 0 Å². The molecule has 2 aromatic heterocycles.